The molecule has 0 radical (unpaired) electrons. The van der Waals surface area contributed by atoms with Crippen molar-refractivity contribution in [1.82, 2.24) is 14.7 Å². The number of hydrogen-bond donors (Lipinski definition) is 0. The first kappa shape index (κ1) is 15.1. The van der Waals surface area contributed by atoms with Crippen LogP contribution in [0.1, 0.15) is 27.3 Å². The molecule has 0 saturated carbocycles. The van der Waals surface area contributed by atoms with Crippen molar-refractivity contribution in [2.75, 3.05) is 7.05 Å². The summed E-state index contributed by atoms with van der Waals surface area (Å²) in [5.74, 6) is -0.0221. The summed E-state index contributed by atoms with van der Waals surface area (Å²) in [5, 5.41) is 4.45. The minimum absolute atomic E-state index is 0.0221. The van der Waals surface area contributed by atoms with Crippen LogP contribution in [0.4, 0.5) is 0 Å². The van der Waals surface area contributed by atoms with Crippen LogP contribution in [0, 0.1) is 13.8 Å². The molecule has 5 heteroatoms. The van der Waals surface area contributed by atoms with E-state index < -0.39 is 0 Å². The molecule has 5 nitrogen and oxygen atoms in total. The molecule has 0 unspecified atom stereocenters. The smallest absolute Gasteiger partial charge is 0.253 e. The Kier molecular flexibility index (Phi) is 4.02. The molecule has 23 heavy (non-hydrogen) atoms. The van der Waals surface area contributed by atoms with Gasteiger partial charge in [-0.2, -0.15) is 5.10 Å². The Labute approximate surface area is 135 Å². The third-order valence-electron chi connectivity index (χ3n) is 3.71. The molecule has 2 heterocycles. The molecule has 3 aromatic rings. The highest BCUT2D eigenvalue weighted by molar-refractivity contribution is 5.94. The van der Waals surface area contributed by atoms with Gasteiger partial charge < -0.3 is 9.32 Å². The number of benzene rings is 1. The Morgan fingerprint density at radius 3 is 2.52 bits per heavy atom. The average molecular weight is 309 g/mol. The zero-order chi connectivity index (χ0) is 16.4. The van der Waals surface area contributed by atoms with Crippen LogP contribution in [-0.4, -0.2) is 27.6 Å². The van der Waals surface area contributed by atoms with Crippen LogP contribution in [0.25, 0.3) is 5.69 Å². The number of rotatable bonds is 4. The van der Waals surface area contributed by atoms with Crippen molar-refractivity contribution in [3.05, 3.63) is 71.4 Å². The number of aryl methyl sites for hydroxylation is 2. The summed E-state index contributed by atoms with van der Waals surface area (Å²) in [7, 11) is 1.78. The number of aromatic nitrogens is 2. The van der Waals surface area contributed by atoms with Gasteiger partial charge in [0, 0.05) is 30.4 Å². The first-order valence-electron chi connectivity index (χ1n) is 7.45. The quantitative estimate of drug-likeness (QED) is 0.742. The molecule has 0 N–H and O–H groups in total. The summed E-state index contributed by atoms with van der Waals surface area (Å²) >= 11 is 0. The summed E-state index contributed by atoms with van der Waals surface area (Å²) in [4.78, 5) is 14.1. The standard InChI is InChI=1S/C18H19N3O2/c1-13-10-14(2)21(19-13)17-6-4-16(5-7-17)18(22)20(3)11-15-8-9-23-12-15/h4-10,12H,11H2,1-3H3. The van der Waals surface area contributed by atoms with E-state index in [1.165, 1.54) is 0 Å². The maximum Gasteiger partial charge on any atom is 0.253 e. The lowest BCUT2D eigenvalue weighted by Crippen LogP contribution is -2.25. The molecule has 0 spiro atoms. The van der Waals surface area contributed by atoms with Crippen LogP contribution in [0.3, 0.4) is 0 Å². The number of carbonyl (C=O) groups excluding carboxylic acids is 1. The highest BCUT2D eigenvalue weighted by Gasteiger charge is 2.13. The molecule has 1 amide bonds. The summed E-state index contributed by atoms with van der Waals surface area (Å²) < 4.78 is 6.90. The molecule has 0 saturated heterocycles. The van der Waals surface area contributed by atoms with Crippen LogP contribution in [-0.2, 0) is 6.54 Å². The van der Waals surface area contributed by atoms with E-state index in [0.29, 0.717) is 12.1 Å². The highest BCUT2D eigenvalue weighted by Crippen LogP contribution is 2.15. The number of nitrogens with zero attached hydrogens (tertiary/aromatic N) is 3. The van der Waals surface area contributed by atoms with Crippen molar-refractivity contribution < 1.29 is 9.21 Å². The number of hydrogen-bond acceptors (Lipinski definition) is 3. The van der Waals surface area contributed by atoms with E-state index in [2.05, 4.69) is 5.10 Å². The van der Waals surface area contributed by atoms with Gasteiger partial charge in [0.15, 0.2) is 0 Å². The van der Waals surface area contributed by atoms with Gasteiger partial charge in [-0.05, 0) is 50.2 Å². The summed E-state index contributed by atoms with van der Waals surface area (Å²) in [6, 6.07) is 11.4. The maximum absolute atomic E-state index is 12.5. The fourth-order valence-corrected chi connectivity index (χ4v) is 2.58. The third-order valence-corrected chi connectivity index (χ3v) is 3.71. The normalized spacial score (nSPS) is 10.7. The predicted molar refractivity (Wildman–Crippen MR) is 87.5 cm³/mol. The van der Waals surface area contributed by atoms with Gasteiger partial charge in [-0.1, -0.05) is 0 Å². The SMILES string of the molecule is Cc1cc(C)n(-c2ccc(C(=O)N(C)Cc3ccoc3)cc2)n1. The van der Waals surface area contributed by atoms with Crippen LogP contribution >= 0.6 is 0 Å². The molecule has 1 aromatic carbocycles. The zero-order valence-corrected chi connectivity index (χ0v) is 13.5. The molecule has 2 aromatic heterocycles. The van der Waals surface area contributed by atoms with Gasteiger partial charge in [-0.25, -0.2) is 4.68 Å². The molecule has 0 aliphatic carbocycles. The lowest BCUT2D eigenvalue weighted by atomic mass is 10.1. The topological polar surface area (TPSA) is 51.3 Å². The van der Waals surface area contributed by atoms with E-state index in [1.54, 1.807) is 24.5 Å². The fraction of sp³-hybridized carbons (Fsp3) is 0.222. The van der Waals surface area contributed by atoms with E-state index in [-0.39, 0.29) is 5.91 Å². The van der Waals surface area contributed by atoms with Crippen molar-refractivity contribution in [1.29, 1.82) is 0 Å². The molecule has 118 valence electrons. The summed E-state index contributed by atoms with van der Waals surface area (Å²) in [6.07, 6.45) is 3.26. The first-order valence-corrected chi connectivity index (χ1v) is 7.45. The van der Waals surface area contributed by atoms with Gasteiger partial charge >= 0.3 is 0 Å². The lowest BCUT2D eigenvalue weighted by molar-refractivity contribution is 0.0785. The summed E-state index contributed by atoms with van der Waals surface area (Å²) in [6.45, 7) is 4.50. The van der Waals surface area contributed by atoms with Crippen molar-refractivity contribution in [2.24, 2.45) is 0 Å². The Bertz CT molecular complexity index is 801. The summed E-state index contributed by atoms with van der Waals surface area (Å²) in [5.41, 5.74) is 4.62. The number of carbonyl (C=O) groups is 1. The molecular weight excluding hydrogens is 290 g/mol. The Morgan fingerprint density at radius 1 is 1.22 bits per heavy atom. The van der Waals surface area contributed by atoms with E-state index in [1.807, 2.05) is 54.9 Å². The average Bonchev–Trinajstić information content (AvgIpc) is 3.16. The molecular formula is C18H19N3O2. The molecule has 0 bridgehead atoms. The van der Waals surface area contributed by atoms with Crippen molar-refractivity contribution >= 4 is 5.91 Å². The predicted octanol–water partition coefficient (Wildman–Crippen LogP) is 3.35. The number of amides is 1. The van der Waals surface area contributed by atoms with Crippen molar-refractivity contribution in [2.45, 2.75) is 20.4 Å². The Morgan fingerprint density at radius 2 is 1.96 bits per heavy atom. The van der Waals surface area contributed by atoms with Gasteiger partial charge in [-0.3, -0.25) is 4.79 Å². The Hall–Kier alpha value is -2.82. The lowest BCUT2D eigenvalue weighted by Gasteiger charge is -2.16. The fourth-order valence-electron chi connectivity index (χ4n) is 2.58. The van der Waals surface area contributed by atoms with Crippen molar-refractivity contribution in [3.8, 4) is 5.69 Å². The number of furan rings is 1. The van der Waals surface area contributed by atoms with Crippen molar-refractivity contribution in [3.63, 3.8) is 0 Å². The minimum atomic E-state index is -0.0221. The van der Waals surface area contributed by atoms with Gasteiger partial charge in [0.1, 0.15) is 0 Å². The van der Waals surface area contributed by atoms with Crippen LogP contribution < -0.4 is 0 Å². The van der Waals surface area contributed by atoms with Crippen LogP contribution in [0.5, 0.6) is 0 Å². The van der Waals surface area contributed by atoms with Gasteiger partial charge in [0.05, 0.1) is 23.9 Å². The second-order valence-corrected chi connectivity index (χ2v) is 5.68. The molecule has 0 atom stereocenters. The Balaban J connectivity index is 1.76. The maximum atomic E-state index is 12.5. The van der Waals surface area contributed by atoms with Crippen LogP contribution in [0.15, 0.2) is 53.3 Å². The van der Waals surface area contributed by atoms with Crippen LogP contribution in [0.2, 0.25) is 0 Å². The highest BCUT2D eigenvalue weighted by atomic mass is 16.3. The zero-order valence-electron chi connectivity index (χ0n) is 13.5. The third kappa shape index (κ3) is 3.18. The van der Waals surface area contributed by atoms with E-state index >= 15 is 0 Å². The van der Waals surface area contributed by atoms with Gasteiger partial charge in [0.25, 0.3) is 5.91 Å². The van der Waals surface area contributed by atoms with E-state index in [9.17, 15) is 4.79 Å². The molecule has 0 aliphatic rings. The van der Waals surface area contributed by atoms with E-state index in [0.717, 1.165) is 22.6 Å². The minimum Gasteiger partial charge on any atom is -0.472 e. The second kappa shape index (κ2) is 6.12. The molecule has 0 aliphatic heterocycles. The monoisotopic (exact) mass is 309 g/mol. The molecule has 3 rings (SSSR count). The first-order chi connectivity index (χ1) is 11.0. The second-order valence-electron chi connectivity index (χ2n) is 5.68. The van der Waals surface area contributed by atoms with E-state index in [4.69, 9.17) is 4.42 Å². The van der Waals surface area contributed by atoms with Gasteiger partial charge in [0.2, 0.25) is 0 Å². The largest absolute Gasteiger partial charge is 0.472 e. The van der Waals surface area contributed by atoms with Gasteiger partial charge in [-0.15, -0.1) is 0 Å². The molecule has 0 fully saturated rings.